The molecule has 2 aromatic rings. The van der Waals surface area contributed by atoms with Crippen molar-refractivity contribution in [3.05, 3.63) is 53.1 Å². The van der Waals surface area contributed by atoms with Crippen molar-refractivity contribution in [2.75, 3.05) is 26.1 Å². The number of carbonyl (C=O) groups excluding carboxylic acids is 1. The summed E-state index contributed by atoms with van der Waals surface area (Å²) in [6.45, 7) is 2.41. The molecule has 3 rings (SSSR count). The first-order valence-corrected chi connectivity index (χ1v) is 9.43. The zero-order valence-corrected chi connectivity index (χ0v) is 16.6. The lowest BCUT2D eigenvalue weighted by molar-refractivity contribution is -0.118. The smallest absolute Gasteiger partial charge is 0.238 e. The van der Waals surface area contributed by atoms with Crippen molar-refractivity contribution < 1.29 is 14.3 Å². The van der Waals surface area contributed by atoms with Crippen LogP contribution < -0.4 is 14.8 Å². The number of hydrogen-bond donors (Lipinski definition) is 1. The van der Waals surface area contributed by atoms with Gasteiger partial charge in [0.05, 0.1) is 20.8 Å². The molecule has 144 valence electrons. The highest BCUT2D eigenvalue weighted by atomic mass is 35.5. The van der Waals surface area contributed by atoms with E-state index in [2.05, 4.69) is 17.1 Å². The molecule has 6 heteroatoms. The van der Waals surface area contributed by atoms with Gasteiger partial charge in [-0.25, -0.2) is 0 Å². The van der Waals surface area contributed by atoms with Gasteiger partial charge < -0.3 is 14.8 Å². The SMILES string of the molecule is COc1ccc(NC(=O)CN(C2CC2)C(C)c2ccccc2Cl)cc1OC. The van der Waals surface area contributed by atoms with Crippen LogP contribution in [0.5, 0.6) is 11.5 Å². The minimum absolute atomic E-state index is 0.0620. The van der Waals surface area contributed by atoms with Crippen molar-refractivity contribution in [1.29, 1.82) is 0 Å². The molecular formula is C21H25ClN2O3. The third-order valence-electron chi connectivity index (χ3n) is 4.86. The second-order valence-electron chi connectivity index (χ2n) is 6.72. The number of amides is 1. The van der Waals surface area contributed by atoms with Gasteiger partial charge in [-0.1, -0.05) is 29.8 Å². The van der Waals surface area contributed by atoms with Crippen molar-refractivity contribution in [3.8, 4) is 11.5 Å². The Morgan fingerprint density at radius 1 is 1.19 bits per heavy atom. The van der Waals surface area contributed by atoms with Gasteiger partial charge in [0, 0.05) is 28.9 Å². The Morgan fingerprint density at radius 2 is 1.89 bits per heavy atom. The quantitative estimate of drug-likeness (QED) is 0.722. The van der Waals surface area contributed by atoms with E-state index < -0.39 is 0 Å². The van der Waals surface area contributed by atoms with E-state index in [1.54, 1.807) is 32.4 Å². The van der Waals surface area contributed by atoms with Gasteiger partial charge >= 0.3 is 0 Å². The minimum atomic E-state index is -0.0620. The van der Waals surface area contributed by atoms with Crippen LogP contribution in [-0.4, -0.2) is 37.6 Å². The summed E-state index contributed by atoms with van der Waals surface area (Å²) in [7, 11) is 3.16. The van der Waals surface area contributed by atoms with Crippen LogP contribution in [-0.2, 0) is 4.79 Å². The number of methoxy groups -OCH3 is 2. The molecule has 1 N–H and O–H groups in total. The lowest BCUT2D eigenvalue weighted by Gasteiger charge is -2.29. The maximum Gasteiger partial charge on any atom is 0.238 e. The van der Waals surface area contributed by atoms with E-state index >= 15 is 0 Å². The van der Waals surface area contributed by atoms with Crippen molar-refractivity contribution in [2.24, 2.45) is 0 Å². The predicted molar refractivity (Wildman–Crippen MR) is 108 cm³/mol. The second kappa shape index (κ2) is 8.63. The van der Waals surface area contributed by atoms with E-state index in [4.69, 9.17) is 21.1 Å². The molecule has 0 saturated heterocycles. The monoisotopic (exact) mass is 388 g/mol. The first kappa shape index (κ1) is 19.5. The summed E-state index contributed by atoms with van der Waals surface area (Å²) >= 11 is 6.36. The third-order valence-corrected chi connectivity index (χ3v) is 5.21. The van der Waals surface area contributed by atoms with Gasteiger partial charge in [-0.2, -0.15) is 0 Å². The Labute approximate surface area is 165 Å². The summed E-state index contributed by atoms with van der Waals surface area (Å²) < 4.78 is 10.5. The van der Waals surface area contributed by atoms with Gasteiger partial charge in [0.25, 0.3) is 0 Å². The predicted octanol–water partition coefficient (Wildman–Crippen LogP) is 4.52. The van der Waals surface area contributed by atoms with Crippen LogP contribution in [0.25, 0.3) is 0 Å². The molecule has 0 spiro atoms. The van der Waals surface area contributed by atoms with Gasteiger partial charge in [-0.3, -0.25) is 9.69 Å². The van der Waals surface area contributed by atoms with Crippen LogP contribution in [0.15, 0.2) is 42.5 Å². The topological polar surface area (TPSA) is 50.8 Å². The van der Waals surface area contributed by atoms with Crippen molar-refractivity contribution in [3.63, 3.8) is 0 Å². The molecule has 0 aliphatic heterocycles. The fourth-order valence-electron chi connectivity index (χ4n) is 3.26. The molecule has 0 bridgehead atoms. The Hall–Kier alpha value is -2.24. The fourth-order valence-corrected chi connectivity index (χ4v) is 3.55. The van der Waals surface area contributed by atoms with Crippen LogP contribution in [0.1, 0.15) is 31.4 Å². The Balaban J connectivity index is 1.70. The standard InChI is InChI=1S/C21H25ClN2O3/c1-14(17-6-4-5-7-18(17)22)24(16-9-10-16)13-21(25)23-15-8-11-19(26-2)20(12-15)27-3/h4-8,11-12,14,16H,9-10,13H2,1-3H3,(H,23,25). The number of nitrogens with zero attached hydrogens (tertiary/aromatic N) is 1. The number of nitrogens with one attached hydrogen (secondary N) is 1. The molecule has 1 aliphatic rings. The van der Waals surface area contributed by atoms with Crippen molar-refractivity contribution in [1.82, 2.24) is 4.90 Å². The molecule has 1 fully saturated rings. The van der Waals surface area contributed by atoms with Crippen LogP contribution in [0.2, 0.25) is 5.02 Å². The highest BCUT2D eigenvalue weighted by Crippen LogP contribution is 2.36. The number of anilines is 1. The van der Waals surface area contributed by atoms with E-state index in [1.807, 2.05) is 24.3 Å². The zero-order chi connectivity index (χ0) is 19.4. The van der Waals surface area contributed by atoms with Crippen molar-refractivity contribution in [2.45, 2.75) is 31.8 Å². The molecule has 1 unspecified atom stereocenters. The molecule has 0 aromatic heterocycles. The molecule has 1 atom stereocenters. The van der Waals surface area contributed by atoms with Crippen LogP contribution in [0.3, 0.4) is 0 Å². The number of rotatable bonds is 8. The molecular weight excluding hydrogens is 364 g/mol. The zero-order valence-electron chi connectivity index (χ0n) is 15.9. The number of benzene rings is 2. The maximum absolute atomic E-state index is 12.7. The van der Waals surface area contributed by atoms with Crippen LogP contribution in [0, 0.1) is 0 Å². The molecule has 0 heterocycles. The van der Waals surface area contributed by atoms with E-state index in [0.717, 1.165) is 23.4 Å². The van der Waals surface area contributed by atoms with Gasteiger partial charge in [0.2, 0.25) is 5.91 Å². The van der Waals surface area contributed by atoms with Gasteiger partial charge in [-0.05, 0) is 43.5 Å². The maximum atomic E-state index is 12.7. The molecule has 1 aliphatic carbocycles. The molecule has 27 heavy (non-hydrogen) atoms. The van der Waals surface area contributed by atoms with Crippen molar-refractivity contribution >= 4 is 23.2 Å². The van der Waals surface area contributed by atoms with E-state index in [0.29, 0.717) is 29.8 Å². The van der Waals surface area contributed by atoms with Crippen LogP contribution >= 0.6 is 11.6 Å². The summed E-state index contributed by atoms with van der Waals surface area (Å²) in [6, 6.07) is 13.6. The Kier molecular flexibility index (Phi) is 6.24. The first-order chi connectivity index (χ1) is 13.0. The minimum Gasteiger partial charge on any atom is -0.493 e. The first-order valence-electron chi connectivity index (χ1n) is 9.05. The fraction of sp³-hybridized carbons (Fsp3) is 0.381. The number of ether oxygens (including phenoxy) is 2. The number of carbonyl (C=O) groups is 1. The van der Waals surface area contributed by atoms with Gasteiger partial charge in [0.15, 0.2) is 11.5 Å². The normalized spacial score (nSPS) is 14.7. The number of halogens is 1. The Bertz CT molecular complexity index is 808. The average Bonchev–Trinajstić information content (AvgIpc) is 3.51. The van der Waals surface area contributed by atoms with Crippen LogP contribution in [0.4, 0.5) is 5.69 Å². The molecule has 1 saturated carbocycles. The highest BCUT2D eigenvalue weighted by molar-refractivity contribution is 6.31. The summed E-state index contributed by atoms with van der Waals surface area (Å²) in [6.07, 6.45) is 2.22. The summed E-state index contributed by atoms with van der Waals surface area (Å²) in [5.74, 6) is 1.15. The van der Waals surface area contributed by atoms with E-state index in [-0.39, 0.29) is 11.9 Å². The molecule has 5 nitrogen and oxygen atoms in total. The average molecular weight is 389 g/mol. The molecule has 1 amide bonds. The largest absolute Gasteiger partial charge is 0.493 e. The summed E-state index contributed by atoms with van der Waals surface area (Å²) in [5, 5.41) is 3.69. The second-order valence-corrected chi connectivity index (χ2v) is 7.13. The lowest BCUT2D eigenvalue weighted by Crippen LogP contribution is -2.37. The number of hydrogen-bond acceptors (Lipinski definition) is 4. The lowest BCUT2D eigenvalue weighted by atomic mass is 10.1. The summed E-state index contributed by atoms with van der Waals surface area (Å²) in [5.41, 5.74) is 1.73. The molecule has 2 aromatic carbocycles. The van der Waals surface area contributed by atoms with Gasteiger partial charge in [0.1, 0.15) is 0 Å². The van der Waals surface area contributed by atoms with E-state index in [1.165, 1.54) is 0 Å². The molecule has 0 radical (unpaired) electrons. The Morgan fingerprint density at radius 3 is 2.52 bits per heavy atom. The third kappa shape index (κ3) is 4.73. The summed E-state index contributed by atoms with van der Waals surface area (Å²) in [4.78, 5) is 14.9. The highest BCUT2D eigenvalue weighted by Gasteiger charge is 2.34. The van der Waals surface area contributed by atoms with Gasteiger partial charge in [-0.15, -0.1) is 0 Å². The van der Waals surface area contributed by atoms with E-state index in [9.17, 15) is 4.79 Å².